The third-order valence-corrected chi connectivity index (χ3v) is 4.03. The van der Waals surface area contributed by atoms with Crippen LogP contribution < -0.4 is 9.64 Å². The Bertz CT molecular complexity index is 634. The number of hydrogen-bond donors (Lipinski definition) is 0. The zero-order chi connectivity index (χ0) is 15.4. The number of halogens is 2. The lowest BCUT2D eigenvalue weighted by molar-refractivity contribution is 0.216. The van der Waals surface area contributed by atoms with Crippen LogP contribution in [-0.2, 0) is 0 Å². The normalized spacial score (nSPS) is 15.8. The topological polar surface area (TPSA) is 51.1 Å². The largest absolute Gasteiger partial charge is 0.476 e. The molecule has 0 bridgehead atoms. The number of rotatable bonds is 4. The van der Waals surface area contributed by atoms with Crippen molar-refractivity contribution in [3.8, 4) is 5.88 Å². The lowest BCUT2D eigenvalue weighted by Gasteiger charge is -2.32. The molecule has 0 atom stereocenters. The monoisotopic (exact) mass is 322 g/mol. The van der Waals surface area contributed by atoms with Gasteiger partial charge in [0.2, 0.25) is 5.88 Å². The average Bonchev–Trinajstić information content (AvgIpc) is 2.55. The minimum atomic E-state index is -0.377. The second-order valence-electron chi connectivity index (χ2n) is 5.23. The van der Waals surface area contributed by atoms with Crippen molar-refractivity contribution < 1.29 is 9.13 Å². The van der Waals surface area contributed by atoms with Crippen molar-refractivity contribution in [2.24, 2.45) is 5.92 Å². The molecule has 1 fully saturated rings. The molecule has 3 rings (SSSR count). The first-order valence-electron chi connectivity index (χ1n) is 7.18. The minimum absolute atomic E-state index is 0.377. The maximum atomic E-state index is 13.7. The van der Waals surface area contributed by atoms with Crippen molar-refractivity contribution in [2.45, 2.75) is 12.8 Å². The highest BCUT2D eigenvalue weighted by Crippen LogP contribution is 2.25. The summed E-state index contributed by atoms with van der Waals surface area (Å²) in [6.45, 7) is 2.06. The van der Waals surface area contributed by atoms with Gasteiger partial charge >= 0.3 is 0 Å². The average molecular weight is 323 g/mol. The second kappa shape index (κ2) is 6.87. The smallest absolute Gasteiger partial charge is 0.232 e. The molecule has 0 N–H and O–H groups in total. The van der Waals surface area contributed by atoms with Crippen LogP contribution in [0.5, 0.6) is 5.88 Å². The van der Waals surface area contributed by atoms with Crippen molar-refractivity contribution in [2.75, 3.05) is 24.6 Å². The van der Waals surface area contributed by atoms with Gasteiger partial charge in [-0.3, -0.25) is 0 Å². The first-order chi connectivity index (χ1) is 10.7. The molecule has 1 aliphatic heterocycles. The molecule has 22 heavy (non-hydrogen) atoms. The lowest BCUT2D eigenvalue weighted by Crippen LogP contribution is -2.36. The molecule has 0 spiro atoms. The standard InChI is InChI=1S/C15H16ClFN4O/c16-12-2-1-5-19-15(12)22-9-11-3-6-21(7-4-11)14-13(17)8-18-10-20-14/h1-2,5,8,10-11H,3-4,6-7,9H2. The van der Waals surface area contributed by atoms with Gasteiger partial charge in [0.25, 0.3) is 0 Å². The minimum Gasteiger partial charge on any atom is -0.476 e. The Hall–Kier alpha value is -1.95. The van der Waals surface area contributed by atoms with Gasteiger partial charge in [0.1, 0.15) is 11.3 Å². The summed E-state index contributed by atoms with van der Waals surface area (Å²) in [4.78, 5) is 13.7. The summed E-state index contributed by atoms with van der Waals surface area (Å²) < 4.78 is 19.4. The molecule has 0 aromatic carbocycles. The quantitative estimate of drug-likeness (QED) is 0.866. The number of piperidine rings is 1. The van der Waals surface area contributed by atoms with Gasteiger partial charge in [-0.05, 0) is 30.9 Å². The van der Waals surface area contributed by atoms with Crippen LogP contribution in [-0.4, -0.2) is 34.6 Å². The van der Waals surface area contributed by atoms with E-state index in [1.54, 1.807) is 18.3 Å². The fourth-order valence-corrected chi connectivity index (χ4v) is 2.70. The molecule has 3 heterocycles. The van der Waals surface area contributed by atoms with Gasteiger partial charge in [-0.1, -0.05) is 11.6 Å². The second-order valence-corrected chi connectivity index (χ2v) is 5.63. The highest BCUT2D eigenvalue weighted by molar-refractivity contribution is 6.31. The fourth-order valence-electron chi connectivity index (χ4n) is 2.52. The van der Waals surface area contributed by atoms with Gasteiger partial charge in [-0.15, -0.1) is 0 Å². The van der Waals surface area contributed by atoms with E-state index in [9.17, 15) is 4.39 Å². The van der Waals surface area contributed by atoms with Crippen LogP contribution in [0.1, 0.15) is 12.8 Å². The van der Waals surface area contributed by atoms with E-state index >= 15 is 0 Å². The van der Waals surface area contributed by atoms with E-state index in [0.717, 1.165) is 25.9 Å². The Labute approximate surface area is 133 Å². The summed E-state index contributed by atoms with van der Waals surface area (Å²) in [5.41, 5.74) is 0. The van der Waals surface area contributed by atoms with Gasteiger partial charge in [-0.2, -0.15) is 0 Å². The number of ether oxygens (including phenoxy) is 1. The van der Waals surface area contributed by atoms with Crippen molar-refractivity contribution in [1.29, 1.82) is 0 Å². The molecular weight excluding hydrogens is 307 g/mol. The third kappa shape index (κ3) is 3.44. The highest BCUT2D eigenvalue weighted by Gasteiger charge is 2.23. The van der Waals surface area contributed by atoms with Crippen LogP contribution >= 0.6 is 11.6 Å². The van der Waals surface area contributed by atoms with E-state index < -0.39 is 0 Å². The first kappa shape index (κ1) is 15.0. The predicted molar refractivity (Wildman–Crippen MR) is 81.7 cm³/mol. The van der Waals surface area contributed by atoms with Crippen LogP contribution in [0.3, 0.4) is 0 Å². The van der Waals surface area contributed by atoms with E-state index in [4.69, 9.17) is 16.3 Å². The zero-order valence-corrected chi connectivity index (χ0v) is 12.7. The molecule has 7 heteroatoms. The Morgan fingerprint density at radius 3 is 2.86 bits per heavy atom. The Balaban J connectivity index is 1.52. The summed E-state index contributed by atoms with van der Waals surface area (Å²) in [7, 11) is 0. The number of nitrogens with zero attached hydrogens (tertiary/aromatic N) is 4. The Morgan fingerprint density at radius 1 is 1.32 bits per heavy atom. The summed E-state index contributed by atoms with van der Waals surface area (Å²) >= 11 is 6.01. The fraction of sp³-hybridized carbons (Fsp3) is 0.400. The molecular formula is C15H16ClFN4O. The molecule has 1 aliphatic rings. The molecule has 116 valence electrons. The number of aromatic nitrogens is 3. The summed E-state index contributed by atoms with van der Waals surface area (Å²) in [5, 5.41) is 0.517. The predicted octanol–water partition coefficient (Wildman–Crippen LogP) is 2.96. The van der Waals surface area contributed by atoms with Crippen LogP contribution in [0.15, 0.2) is 30.9 Å². The molecule has 2 aromatic rings. The molecule has 0 radical (unpaired) electrons. The summed E-state index contributed by atoms with van der Waals surface area (Å²) in [6, 6.07) is 3.52. The van der Waals surface area contributed by atoms with Crippen LogP contribution in [0.25, 0.3) is 0 Å². The van der Waals surface area contributed by atoms with Crippen molar-refractivity contribution in [3.63, 3.8) is 0 Å². The van der Waals surface area contributed by atoms with Crippen molar-refractivity contribution in [3.05, 3.63) is 41.7 Å². The van der Waals surface area contributed by atoms with Crippen LogP contribution in [0, 0.1) is 11.7 Å². The van der Waals surface area contributed by atoms with Crippen molar-refractivity contribution in [1.82, 2.24) is 15.0 Å². The van der Waals surface area contributed by atoms with Crippen molar-refractivity contribution >= 4 is 17.4 Å². The zero-order valence-electron chi connectivity index (χ0n) is 12.0. The molecule has 0 aliphatic carbocycles. The molecule has 2 aromatic heterocycles. The summed E-state index contributed by atoms with van der Waals surface area (Å²) in [6.07, 6.45) is 6.04. The maximum absolute atomic E-state index is 13.7. The molecule has 5 nitrogen and oxygen atoms in total. The SMILES string of the molecule is Fc1cncnc1N1CCC(COc2ncccc2Cl)CC1. The Kier molecular flexibility index (Phi) is 4.68. The molecule has 1 saturated heterocycles. The summed E-state index contributed by atoms with van der Waals surface area (Å²) in [5.74, 6) is 0.868. The number of pyridine rings is 1. The molecule has 0 amide bonds. The number of anilines is 1. The van der Waals surface area contributed by atoms with Gasteiger partial charge in [0, 0.05) is 19.3 Å². The van der Waals surface area contributed by atoms with E-state index in [2.05, 4.69) is 15.0 Å². The van der Waals surface area contributed by atoms with Gasteiger partial charge in [0.15, 0.2) is 11.6 Å². The van der Waals surface area contributed by atoms with Crippen LogP contribution in [0.2, 0.25) is 5.02 Å². The van der Waals surface area contributed by atoms with E-state index in [-0.39, 0.29) is 5.82 Å². The Morgan fingerprint density at radius 2 is 2.14 bits per heavy atom. The van der Waals surface area contributed by atoms with E-state index in [1.165, 1.54) is 12.5 Å². The third-order valence-electron chi connectivity index (χ3n) is 3.74. The van der Waals surface area contributed by atoms with Gasteiger partial charge < -0.3 is 9.64 Å². The molecule has 0 unspecified atom stereocenters. The van der Waals surface area contributed by atoms with Gasteiger partial charge in [-0.25, -0.2) is 19.3 Å². The van der Waals surface area contributed by atoms with E-state index in [0.29, 0.717) is 29.2 Å². The first-order valence-corrected chi connectivity index (χ1v) is 7.55. The van der Waals surface area contributed by atoms with Gasteiger partial charge in [0.05, 0.1) is 12.8 Å². The highest BCUT2D eigenvalue weighted by atomic mass is 35.5. The van der Waals surface area contributed by atoms with Crippen LogP contribution in [0.4, 0.5) is 10.2 Å². The maximum Gasteiger partial charge on any atom is 0.232 e. The van der Waals surface area contributed by atoms with E-state index in [1.807, 2.05) is 4.90 Å². The molecule has 0 saturated carbocycles. The number of hydrogen-bond acceptors (Lipinski definition) is 5. The lowest BCUT2D eigenvalue weighted by atomic mass is 9.98.